The lowest BCUT2D eigenvalue weighted by atomic mass is 9.95. The van der Waals surface area contributed by atoms with Gasteiger partial charge in [0.25, 0.3) is 0 Å². The van der Waals surface area contributed by atoms with Gasteiger partial charge in [-0.2, -0.15) is 0 Å². The van der Waals surface area contributed by atoms with Gasteiger partial charge in [-0.05, 0) is 41.0 Å². The Kier molecular flexibility index (Phi) is 3.10. The summed E-state index contributed by atoms with van der Waals surface area (Å²) in [5, 5.41) is 10.2. The van der Waals surface area contributed by atoms with E-state index in [2.05, 4.69) is 0 Å². The number of carbonyl (C=O) groups excluding carboxylic acids is 1. The summed E-state index contributed by atoms with van der Waals surface area (Å²) in [4.78, 5) is 13.3. The molecule has 104 valence electrons. The zero-order chi connectivity index (χ0) is 13.7. The molecule has 0 radical (unpaired) electrons. The number of aliphatic hydroxyl groups excluding tert-OH is 1. The van der Waals surface area contributed by atoms with Crippen molar-refractivity contribution in [3.8, 4) is 0 Å². The van der Waals surface area contributed by atoms with E-state index >= 15 is 0 Å². The van der Waals surface area contributed by atoms with Crippen LogP contribution in [0.4, 0.5) is 4.79 Å². The maximum Gasteiger partial charge on any atom is 0.412 e. The van der Waals surface area contributed by atoms with Crippen molar-refractivity contribution in [2.45, 2.75) is 64.6 Å². The second kappa shape index (κ2) is 4.10. The highest BCUT2D eigenvalue weighted by molar-refractivity contribution is 5.69. The molecule has 1 N–H and O–H groups in total. The van der Waals surface area contributed by atoms with Gasteiger partial charge in [0.05, 0.1) is 18.2 Å². The molecule has 1 amide bonds. The first-order chi connectivity index (χ1) is 8.09. The molecule has 3 atom stereocenters. The van der Waals surface area contributed by atoms with Crippen LogP contribution in [-0.2, 0) is 9.47 Å². The standard InChI is InChI=1S/C13H23NO4/c1-12(2,3)18-11(16)14-7-9-8(10(14)15)6-13(4,5)17-9/h8-10,15H,6-7H2,1-5H3. The van der Waals surface area contributed by atoms with Crippen LogP contribution < -0.4 is 0 Å². The van der Waals surface area contributed by atoms with E-state index in [1.54, 1.807) is 0 Å². The minimum Gasteiger partial charge on any atom is -0.444 e. The minimum atomic E-state index is -0.799. The van der Waals surface area contributed by atoms with Gasteiger partial charge in [0.1, 0.15) is 11.8 Å². The molecular weight excluding hydrogens is 234 g/mol. The lowest BCUT2D eigenvalue weighted by Gasteiger charge is -2.29. The van der Waals surface area contributed by atoms with E-state index in [9.17, 15) is 9.90 Å². The Labute approximate surface area is 108 Å². The van der Waals surface area contributed by atoms with E-state index in [1.807, 2.05) is 34.6 Å². The van der Waals surface area contributed by atoms with Gasteiger partial charge in [0.15, 0.2) is 0 Å². The number of hydrogen-bond acceptors (Lipinski definition) is 4. The fraction of sp³-hybridized carbons (Fsp3) is 0.923. The molecule has 2 heterocycles. The molecule has 0 aromatic carbocycles. The van der Waals surface area contributed by atoms with Gasteiger partial charge >= 0.3 is 6.09 Å². The monoisotopic (exact) mass is 257 g/mol. The third-order valence-electron chi connectivity index (χ3n) is 3.38. The summed E-state index contributed by atoms with van der Waals surface area (Å²) >= 11 is 0. The highest BCUT2D eigenvalue weighted by atomic mass is 16.6. The quantitative estimate of drug-likeness (QED) is 0.718. The predicted molar refractivity (Wildman–Crippen MR) is 66.0 cm³/mol. The Balaban J connectivity index is 2.01. The van der Waals surface area contributed by atoms with E-state index in [0.717, 1.165) is 6.42 Å². The van der Waals surface area contributed by atoms with Crippen LogP contribution in [0, 0.1) is 5.92 Å². The fourth-order valence-corrected chi connectivity index (χ4v) is 2.75. The normalized spacial score (nSPS) is 34.6. The first-order valence-electron chi connectivity index (χ1n) is 6.45. The van der Waals surface area contributed by atoms with Crippen LogP contribution in [-0.4, -0.2) is 46.2 Å². The number of carbonyl (C=O) groups is 1. The number of amides is 1. The van der Waals surface area contributed by atoms with Crippen molar-refractivity contribution >= 4 is 6.09 Å². The summed E-state index contributed by atoms with van der Waals surface area (Å²) in [6, 6.07) is 0. The van der Waals surface area contributed by atoms with Gasteiger partial charge in [-0.3, -0.25) is 4.90 Å². The highest BCUT2D eigenvalue weighted by Gasteiger charge is 2.52. The summed E-state index contributed by atoms with van der Waals surface area (Å²) in [5.74, 6) is -0.00693. The molecule has 18 heavy (non-hydrogen) atoms. The Morgan fingerprint density at radius 1 is 1.44 bits per heavy atom. The smallest absolute Gasteiger partial charge is 0.412 e. The Morgan fingerprint density at radius 3 is 2.56 bits per heavy atom. The van der Waals surface area contributed by atoms with Crippen LogP contribution in [0.25, 0.3) is 0 Å². The summed E-state index contributed by atoms with van der Waals surface area (Å²) in [6.07, 6.45) is -0.585. The number of ether oxygens (including phenoxy) is 2. The molecule has 3 unspecified atom stereocenters. The molecule has 0 aromatic rings. The van der Waals surface area contributed by atoms with Gasteiger partial charge < -0.3 is 14.6 Å². The van der Waals surface area contributed by atoms with Gasteiger partial charge in [-0.25, -0.2) is 4.79 Å². The Bertz CT molecular complexity index is 347. The maximum atomic E-state index is 12.0. The van der Waals surface area contributed by atoms with Crippen LogP contribution >= 0.6 is 0 Å². The van der Waals surface area contributed by atoms with Gasteiger partial charge in [0, 0.05) is 5.92 Å². The van der Waals surface area contributed by atoms with Crippen LogP contribution in [0.1, 0.15) is 41.0 Å². The summed E-state index contributed by atoms with van der Waals surface area (Å²) in [7, 11) is 0. The van der Waals surface area contributed by atoms with Crippen molar-refractivity contribution in [3.05, 3.63) is 0 Å². The van der Waals surface area contributed by atoms with Crippen molar-refractivity contribution in [1.29, 1.82) is 0 Å². The third kappa shape index (κ3) is 2.62. The number of nitrogens with zero attached hydrogens (tertiary/aromatic N) is 1. The molecule has 0 saturated carbocycles. The number of rotatable bonds is 0. The molecule has 0 aliphatic carbocycles. The second-order valence-corrected chi connectivity index (χ2v) is 6.83. The molecule has 5 nitrogen and oxygen atoms in total. The zero-order valence-electron chi connectivity index (χ0n) is 11.8. The van der Waals surface area contributed by atoms with E-state index in [1.165, 1.54) is 4.90 Å². The molecule has 0 spiro atoms. The molecule has 2 aliphatic heterocycles. The fourth-order valence-electron chi connectivity index (χ4n) is 2.75. The average molecular weight is 257 g/mol. The molecule has 2 fully saturated rings. The molecule has 2 saturated heterocycles. The van der Waals surface area contributed by atoms with E-state index in [-0.39, 0.29) is 17.6 Å². The average Bonchev–Trinajstić information content (AvgIpc) is 2.58. The molecule has 0 aromatic heterocycles. The van der Waals surface area contributed by atoms with Crippen LogP contribution in [0.15, 0.2) is 0 Å². The van der Waals surface area contributed by atoms with Gasteiger partial charge in [0.2, 0.25) is 0 Å². The third-order valence-corrected chi connectivity index (χ3v) is 3.38. The highest BCUT2D eigenvalue weighted by Crippen LogP contribution is 2.42. The summed E-state index contributed by atoms with van der Waals surface area (Å²) in [5.41, 5.74) is -0.759. The van der Waals surface area contributed by atoms with Crippen molar-refractivity contribution in [2.24, 2.45) is 5.92 Å². The molecule has 5 heteroatoms. The second-order valence-electron chi connectivity index (χ2n) is 6.83. The van der Waals surface area contributed by atoms with Crippen molar-refractivity contribution < 1.29 is 19.4 Å². The Hall–Kier alpha value is -0.810. The molecule has 2 rings (SSSR count). The first kappa shape index (κ1) is 13.6. The molecular formula is C13H23NO4. The predicted octanol–water partition coefficient (Wildman–Crippen LogP) is 1.74. The van der Waals surface area contributed by atoms with Gasteiger partial charge in [-0.15, -0.1) is 0 Å². The Morgan fingerprint density at radius 2 is 2.06 bits per heavy atom. The van der Waals surface area contributed by atoms with E-state index < -0.39 is 17.9 Å². The van der Waals surface area contributed by atoms with Gasteiger partial charge in [-0.1, -0.05) is 0 Å². The topological polar surface area (TPSA) is 59.0 Å². The van der Waals surface area contributed by atoms with Crippen molar-refractivity contribution in [2.75, 3.05) is 6.54 Å². The SMILES string of the molecule is CC(C)(C)OC(=O)N1CC2OC(C)(C)CC2C1O. The van der Waals surface area contributed by atoms with E-state index in [0.29, 0.717) is 6.54 Å². The molecule has 2 aliphatic rings. The van der Waals surface area contributed by atoms with Crippen LogP contribution in [0.5, 0.6) is 0 Å². The lowest BCUT2D eigenvalue weighted by Crippen LogP contribution is -2.42. The van der Waals surface area contributed by atoms with Crippen LogP contribution in [0.3, 0.4) is 0 Å². The number of fused-ring (bicyclic) bond motifs is 1. The number of likely N-dealkylation sites (tertiary alicyclic amines) is 1. The first-order valence-corrected chi connectivity index (χ1v) is 6.45. The zero-order valence-corrected chi connectivity index (χ0v) is 11.8. The van der Waals surface area contributed by atoms with Crippen molar-refractivity contribution in [3.63, 3.8) is 0 Å². The maximum absolute atomic E-state index is 12.0. The number of hydrogen-bond donors (Lipinski definition) is 1. The summed E-state index contributed by atoms with van der Waals surface area (Å²) < 4.78 is 11.1. The minimum absolute atomic E-state index is 0.00693. The van der Waals surface area contributed by atoms with Crippen molar-refractivity contribution in [1.82, 2.24) is 4.90 Å². The van der Waals surface area contributed by atoms with E-state index in [4.69, 9.17) is 9.47 Å². The van der Waals surface area contributed by atoms with Crippen LogP contribution in [0.2, 0.25) is 0 Å². The summed E-state index contributed by atoms with van der Waals surface area (Å²) in [6.45, 7) is 9.87. The molecule has 0 bridgehead atoms. The largest absolute Gasteiger partial charge is 0.444 e. The number of aliphatic hydroxyl groups is 1. The lowest BCUT2D eigenvalue weighted by molar-refractivity contribution is -0.0392.